The quantitative estimate of drug-likeness (QED) is 0.561. The van der Waals surface area contributed by atoms with Gasteiger partial charge in [-0.2, -0.15) is 4.31 Å². The monoisotopic (exact) mass is 439 g/mol. The Morgan fingerprint density at radius 3 is 2.63 bits per heavy atom. The molecule has 1 aromatic rings. The zero-order valence-electron chi connectivity index (χ0n) is 18.4. The SMILES string of the molecule is CCCCCN(CC(=O)Nc1cc(C)on1)S(=O)(=O)CC12CCC(CC1=O)C2(C)C. The van der Waals surface area contributed by atoms with E-state index in [1.54, 1.807) is 13.0 Å². The summed E-state index contributed by atoms with van der Waals surface area (Å²) < 4.78 is 33.1. The first-order chi connectivity index (χ1) is 14.0. The first-order valence-corrected chi connectivity index (χ1v) is 12.4. The first kappa shape index (κ1) is 22.9. The number of nitrogens with one attached hydrogen (secondary N) is 1. The van der Waals surface area contributed by atoms with E-state index in [0.717, 1.165) is 19.3 Å². The number of rotatable bonds is 10. The summed E-state index contributed by atoms with van der Waals surface area (Å²) in [6.07, 6.45) is 4.43. The summed E-state index contributed by atoms with van der Waals surface area (Å²) in [5.74, 6) is 0.422. The number of hydrogen-bond acceptors (Lipinski definition) is 6. The number of aryl methyl sites for hydroxylation is 1. The number of nitrogens with zero attached hydrogens (tertiary/aromatic N) is 2. The average molecular weight is 440 g/mol. The lowest BCUT2D eigenvalue weighted by Gasteiger charge is -2.37. The molecule has 9 heteroatoms. The molecule has 1 N–H and O–H groups in total. The molecule has 168 valence electrons. The molecule has 1 aromatic heterocycles. The second kappa shape index (κ2) is 8.42. The highest BCUT2D eigenvalue weighted by atomic mass is 32.2. The average Bonchev–Trinajstić information content (AvgIpc) is 3.21. The van der Waals surface area contributed by atoms with Crippen LogP contribution in [0, 0.1) is 23.7 Å². The number of aromatic nitrogens is 1. The van der Waals surface area contributed by atoms with E-state index in [9.17, 15) is 18.0 Å². The number of anilines is 1. The van der Waals surface area contributed by atoms with Gasteiger partial charge in [-0.05, 0) is 37.5 Å². The van der Waals surface area contributed by atoms with E-state index in [1.807, 2.05) is 20.8 Å². The number of carbonyl (C=O) groups is 2. The van der Waals surface area contributed by atoms with Crippen molar-refractivity contribution in [2.45, 2.75) is 66.2 Å². The van der Waals surface area contributed by atoms with E-state index >= 15 is 0 Å². The van der Waals surface area contributed by atoms with Gasteiger partial charge < -0.3 is 9.84 Å². The van der Waals surface area contributed by atoms with Crippen LogP contribution in [0.25, 0.3) is 0 Å². The lowest BCUT2D eigenvalue weighted by atomic mass is 9.70. The van der Waals surface area contributed by atoms with Gasteiger partial charge in [0.2, 0.25) is 15.9 Å². The highest BCUT2D eigenvalue weighted by molar-refractivity contribution is 7.89. The Morgan fingerprint density at radius 2 is 2.10 bits per heavy atom. The van der Waals surface area contributed by atoms with E-state index in [1.165, 1.54) is 4.31 Å². The summed E-state index contributed by atoms with van der Waals surface area (Å²) in [6.45, 7) is 7.74. The van der Waals surface area contributed by atoms with Crippen LogP contribution in [0.4, 0.5) is 5.82 Å². The second-order valence-electron chi connectivity index (χ2n) is 9.33. The molecule has 0 saturated heterocycles. The minimum absolute atomic E-state index is 0.0587. The number of ketones is 1. The van der Waals surface area contributed by atoms with Crippen molar-refractivity contribution in [3.8, 4) is 0 Å². The molecular weight excluding hydrogens is 406 g/mol. The fraction of sp³-hybridized carbons (Fsp3) is 0.762. The lowest BCUT2D eigenvalue weighted by Crippen LogP contribution is -2.48. The van der Waals surface area contributed by atoms with Gasteiger partial charge in [0.05, 0.1) is 12.3 Å². The standard InChI is InChI=1S/C21H33N3O5S/c1-5-6-7-10-24(13-19(26)22-18-11-15(2)29-23-18)30(27,28)14-21-9-8-16(12-17(21)25)20(21,3)4/h11,16H,5-10,12-14H2,1-4H3,(H,22,23,26). The summed E-state index contributed by atoms with van der Waals surface area (Å²) in [4.78, 5) is 25.4. The largest absolute Gasteiger partial charge is 0.360 e. The maximum absolute atomic E-state index is 13.4. The van der Waals surface area contributed by atoms with E-state index in [4.69, 9.17) is 4.52 Å². The first-order valence-electron chi connectivity index (χ1n) is 10.8. The van der Waals surface area contributed by atoms with Crippen molar-refractivity contribution >= 4 is 27.5 Å². The van der Waals surface area contributed by atoms with Crippen molar-refractivity contribution in [1.82, 2.24) is 9.46 Å². The molecule has 1 heterocycles. The normalized spacial score (nSPS) is 25.2. The van der Waals surface area contributed by atoms with Crippen LogP contribution in [-0.2, 0) is 19.6 Å². The minimum atomic E-state index is -3.81. The van der Waals surface area contributed by atoms with Crippen LogP contribution >= 0.6 is 0 Å². The third-order valence-electron chi connectivity index (χ3n) is 7.19. The molecule has 2 unspecified atom stereocenters. The van der Waals surface area contributed by atoms with Crippen molar-refractivity contribution < 1.29 is 22.5 Å². The number of sulfonamides is 1. The summed E-state index contributed by atoms with van der Waals surface area (Å²) in [6, 6.07) is 1.57. The van der Waals surface area contributed by atoms with Crippen molar-refractivity contribution in [2.24, 2.45) is 16.7 Å². The zero-order chi connectivity index (χ0) is 22.2. The molecule has 2 saturated carbocycles. The molecule has 0 aromatic carbocycles. The molecule has 8 nitrogen and oxygen atoms in total. The Bertz CT molecular complexity index is 907. The van der Waals surface area contributed by atoms with Gasteiger partial charge >= 0.3 is 0 Å². The van der Waals surface area contributed by atoms with Crippen LogP contribution in [0.15, 0.2) is 10.6 Å². The molecule has 3 rings (SSSR count). The van der Waals surface area contributed by atoms with Crippen LogP contribution in [-0.4, -0.2) is 48.4 Å². The zero-order valence-corrected chi connectivity index (χ0v) is 19.2. The van der Waals surface area contributed by atoms with Crippen LogP contribution < -0.4 is 5.32 Å². The Balaban J connectivity index is 1.77. The minimum Gasteiger partial charge on any atom is -0.360 e. The van der Waals surface area contributed by atoms with Gasteiger partial charge in [-0.15, -0.1) is 0 Å². The second-order valence-corrected chi connectivity index (χ2v) is 11.3. The smallest absolute Gasteiger partial charge is 0.240 e. The number of fused-ring (bicyclic) bond motifs is 2. The Morgan fingerprint density at radius 1 is 1.37 bits per heavy atom. The van der Waals surface area contributed by atoms with Crippen molar-refractivity contribution in [2.75, 3.05) is 24.2 Å². The molecule has 0 radical (unpaired) electrons. The maximum Gasteiger partial charge on any atom is 0.240 e. The summed E-state index contributed by atoms with van der Waals surface area (Å²) in [5.41, 5.74) is -1.19. The van der Waals surface area contributed by atoms with E-state index in [-0.39, 0.29) is 41.8 Å². The molecule has 2 aliphatic carbocycles. The molecule has 2 atom stereocenters. The third kappa shape index (κ3) is 4.19. The van der Waals surface area contributed by atoms with Gasteiger partial charge in [-0.3, -0.25) is 9.59 Å². The van der Waals surface area contributed by atoms with Gasteiger partial charge in [0.25, 0.3) is 0 Å². The highest BCUT2D eigenvalue weighted by Gasteiger charge is 2.65. The summed E-state index contributed by atoms with van der Waals surface area (Å²) in [5, 5.41) is 6.31. The van der Waals surface area contributed by atoms with Gasteiger partial charge in [0, 0.05) is 24.4 Å². The van der Waals surface area contributed by atoms with Crippen LogP contribution in [0.1, 0.15) is 65.1 Å². The van der Waals surface area contributed by atoms with Crippen LogP contribution in [0.2, 0.25) is 0 Å². The molecule has 0 aliphatic heterocycles. The highest BCUT2D eigenvalue weighted by Crippen LogP contribution is 2.64. The molecule has 2 bridgehead atoms. The van der Waals surface area contributed by atoms with E-state index < -0.39 is 21.3 Å². The summed E-state index contributed by atoms with van der Waals surface area (Å²) >= 11 is 0. The molecular formula is C21H33N3O5S. The van der Waals surface area contributed by atoms with E-state index in [0.29, 0.717) is 25.0 Å². The third-order valence-corrected chi connectivity index (χ3v) is 9.14. The van der Waals surface area contributed by atoms with Gasteiger partial charge in [-0.1, -0.05) is 38.8 Å². The number of Topliss-reactive ketones (excluding diaryl/α,β-unsaturated/α-hetero) is 1. The molecule has 2 aliphatic rings. The predicted octanol–water partition coefficient (Wildman–Crippen LogP) is 3.14. The predicted molar refractivity (Wildman–Crippen MR) is 113 cm³/mol. The fourth-order valence-electron chi connectivity index (χ4n) is 5.13. The van der Waals surface area contributed by atoms with Crippen molar-refractivity contribution in [3.05, 3.63) is 11.8 Å². The number of amides is 1. The topological polar surface area (TPSA) is 110 Å². The molecule has 1 amide bonds. The molecule has 2 fully saturated rings. The molecule has 30 heavy (non-hydrogen) atoms. The Hall–Kier alpha value is -1.74. The molecule has 0 spiro atoms. The fourth-order valence-corrected chi connectivity index (χ4v) is 7.34. The van der Waals surface area contributed by atoms with Crippen molar-refractivity contribution in [3.63, 3.8) is 0 Å². The van der Waals surface area contributed by atoms with Gasteiger partial charge in [0.15, 0.2) is 5.82 Å². The van der Waals surface area contributed by atoms with Crippen LogP contribution in [0.3, 0.4) is 0 Å². The number of unbranched alkanes of at least 4 members (excludes halogenated alkanes) is 2. The number of carbonyl (C=O) groups excluding carboxylic acids is 2. The Kier molecular flexibility index (Phi) is 6.43. The number of hydrogen-bond donors (Lipinski definition) is 1. The summed E-state index contributed by atoms with van der Waals surface area (Å²) in [7, 11) is -3.81. The van der Waals surface area contributed by atoms with Crippen LogP contribution in [0.5, 0.6) is 0 Å². The van der Waals surface area contributed by atoms with Gasteiger partial charge in [0.1, 0.15) is 11.5 Å². The Labute approximate surface area is 178 Å². The van der Waals surface area contributed by atoms with Crippen molar-refractivity contribution in [1.29, 1.82) is 0 Å². The van der Waals surface area contributed by atoms with Gasteiger partial charge in [-0.25, -0.2) is 8.42 Å². The maximum atomic E-state index is 13.4. The lowest BCUT2D eigenvalue weighted by molar-refractivity contribution is -0.128. The van der Waals surface area contributed by atoms with E-state index in [2.05, 4.69) is 10.5 Å².